The second-order valence-electron chi connectivity index (χ2n) is 9.84. The number of hydrogen-bond acceptors (Lipinski definition) is 4. The zero-order chi connectivity index (χ0) is 24.8. The Balaban J connectivity index is 1.32. The summed E-state index contributed by atoms with van der Waals surface area (Å²) in [5.41, 5.74) is 10.2. The van der Waals surface area contributed by atoms with Gasteiger partial charge >= 0.3 is 5.97 Å². The topological polar surface area (TPSA) is 113 Å². The second kappa shape index (κ2) is 11.5. The molecular formula is C28H35N3O4. The van der Waals surface area contributed by atoms with Gasteiger partial charge in [-0.05, 0) is 79.8 Å². The first-order valence-electron chi connectivity index (χ1n) is 12.6. The van der Waals surface area contributed by atoms with Crippen molar-refractivity contribution in [1.29, 1.82) is 0 Å². The molecule has 1 aliphatic heterocycles. The number of likely N-dealkylation sites (tertiary alicyclic amines) is 1. The van der Waals surface area contributed by atoms with Gasteiger partial charge < -0.3 is 21.1 Å². The Morgan fingerprint density at radius 1 is 1.09 bits per heavy atom. The molecule has 4 rings (SSSR count). The van der Waals surface area contributed by atoms with Crippen molar-refractivity contribution >= 4 is 17.8 Å². The number of carboxylic acids is 1. The van der Waals surface area contributed by atoms with Crippen LogP contribution in [0.1, 0.15) is 52.7 Å². The lowest BCUT2D eigenvalue weighted by Gasteiger charge is -2.25. The maximum absolute atomic E-state index is 12.9. The summed E-state index contributed by atoms with van der Waals surface area (Å²) < 4.78 is 0. The van der Waals surface area contributed by atoms with Crippen LogP contribution in [0.5, 0.6) is 0 Å². The van der Waals surface area contributed by atoms with E-state index >= 15 is 0 Å². The summed E-state index contributed by atoms with van der Waals surface area (Å²) in [7, 11) is 0. The van der Waals surface area contributed by atoms with E-state index in [2.05, 4.69) is 17.4 Å². The molecule has 3 atom stereocenters. The first-order chi connectivity index (χ1) is 16.9. The molecule has 7 nitrogen and oxygen atoms in total. The molecule has 35 heavy (non-hydrogen) atoms. The molecule has 0 aromatic heterocycles. The van der Waals surface area contributed by atoms with Crippen molar-refractivity contribution in [1.82, 2.24) is 10.2 Å². The molecule has 2 aromatic carbocycles. The third-order valence-electron chi connectivity index (χ3n) is 7.34. The molecule has 1 saturated heterocycles. The number of carbonyl (C=O) groups is 3. The first-order valence-corrected chi connectivity index (χ1v) is 12.6. The van der Waals surface area contributed by atoms with Crippen LogP contribution >= 0.6 is 0 Å². The highest BCUT2D eigenvalue weighted by molar-refractivity contribution is 5.94. The van der Waals surface area contributed by atoms with E-state index in [9.17, 15) is 19.5 Å². The summed E-state index contributed by atoms with van der Waals surface area (Å²) in [4.78, 5) is 38.8. The largest absolute Gasteiger partial charge is 0.481 e. The number of carboxylic acid groups (broad SMARTS) is 1. The minimum atomic E-state index is -0.949. The number of fused-ring (bicyclic) bond motifs is 1. The fourth-order valence-corrected chi connectivity index (χ4v) is 5.49. The van der Waals surface area contributed by atoms with Crippen LogP contribution in [0.2, 0.25) is 0 Å². The SMILES string of the molecule is NCC1Cc2ccc(C(=O)NCC[C@@H]3C[C@@H](CC(=O)O)C(=O)N3CCCc3ccccc3)cc2C1. The Morgan fingerprint density at radius 3 is 2.60 bits per heavy atom. The lowest BCUT2D eigenvalue weighted by atomic mass is 10.00. The van der Waals surface area contributed by atoms with Crippen molar-refractivity contribution in [3.8, 4) is 0 Å². The van der Waals surface area contributed by atoms with Gasteiger partial charge in [-0.3, -0.25) is 14.4 Å². The van der Waals surface area contributed by atoms with Crippen LogP contribution < -0.4 is 11.1 Å². The van der Waals surface area contributed by atoms with E-state index in [-0.39, 0.29) is 24.3 Å². The Bertz CT molecular complexity index is 1060. The molecule has 2 aliphatic rings. The highest BCUT2D eigenvalue weighted by Gasteiger charge is 2.39. The van der Waals surface area contributed by atoms with Crippen LogP contribution in [-0.2, 0) is 28.9 Å². The monoisotopic (exact) mass is 477 g/mol. The molecular weight excluding hydrogens is 442 g/mol. The van der Waals surface area contributed by atoms with Crippen molar-refractivity contribution in [3.05, 3.63) is 70.8 Å². The summed E-state index contributed by atoms with van der Waals surface area (Å²) in [6.07, 6.45) is 4.56. The van der Waals surface area contributed by atoms with Crippen LogP contribution in [0, 0.1) is 11.8 Å². The summed E-state index contributed by atoms with van der Waals surface area (Å²) in [5.74, 6) is -1.18. The maximum atomic E-state index is 12.9. The number of hydrogen-bond donors (Lipinski definition) is 3. The van der Waals surface area contributed by atoms with Gasteiger partial charge in [0.15, 0.2) is 0 Å². The Labute approximate surface area is 206 Å². The quantitative estimate of drug-likeness (QED) is 0.461. The van der Waals surface area contributed by atoms with Crippen LogP contribution in [0.3, 0.4) is 0 Å². The van der Waals surface area contributed by atoms with E-state index in [0.29, 0.717) is 44.0 Å². The third-order valence-corrected chi connectivity index (χ3v) is 7.34. The zero-order valence-corrected chi connectivity index (χ0v) is 20.1. The minimum Gasteiger partial charge on any atom is -0.481 e. The number of amides is 2. The molecule has 0 spiro atoms. The zero-order valence-electron chi connectivity index (χ0n) is 20.1. The van der Waals surface area contributed by atoms with E-state index < -0.39 is 11.9 Å². The van der Waals surface area contributed by atoms with Crippen molar-refractivity contribution in [3.63, 3.8) is 0 Å². The van der Waals surface area contributed by atoms with Gasteiger partial charge in [0.1, 0.15) is 0 Å². The van der Waals surface area contributed by atoms with Crippen LogP contribution in [0.25, 0.3) is 0 Å². The standard InChI is InChI=1S/C28H35N3O4/c29-18-20-13-21-8-9-22(15-23(21)14-20)27(34)30-11-10-25-16-24(17-26(32)33)28(35)31(25)12-4-7-19-5-2-1-3-6-19/h1-3,5-6,8-9,15,20,24-25H,4,7,10-14,16-18,29H2,(H,30,34)(H,32,33)/t20?,24-,25+/m0/s1. The highest BCUT2D eigenvalue weighted by Crippen LogP contribution is 2.30. The number of carbonyl (C=O) groups excluding carboxylic acids is 2. The van der Waals surface area contributed by atoms with Crippen molar-refractivity contribution in [2.75, 3.05) is 19.6 Å². The van der Waals surface area contributed by atoms with E-state index in [0.717, 1.165) is 25.7 Å². The summed E-state index contributed by atoms with van der Waals surface area (Å²) >= 11 is 0. The second-order valence-corrected chi connectivity index (χ2v) is 9.84. The van der Waals surface area contributed by atoms with Gasteiger partial charge in [0, 0.05) is 24.7 Å². The highest BCUT2D eigenvalue weighted by atomic mass is 16.4. The van der Waals surface area contributed by atoms with E-state index in [1.54, 1.807) is 0 Å². The fourth-order valence-electron chi connectivity index (χ4n) is 5.49. The third kappa shape index (κ3) is 6.28. The predicted molar refractivity (Wildman–Crippen MR) is 134 cm³/mol. The van der Waals surface area contributed by atoms with Gasteiger partial charge in [0.25, 0.3) is 5.91 Å². The van der Waals surface area contributed by atoms with Crippen LogP contribution in [-0.4, -0.2) is 53.5 Å². The molecule has 1 aliphatic carbocycles. The van der Waals surface area contributed by atoms with E-state index in [1.165, 1.54) is 16.7 Å². The lowest BCUT2D eigenvalue weighted by Crippen LogP contribution is -2.37. The fraction of sp³-hybridized carbons (Fsp3) is 0.464. The Kier molecular flexibility index (Phi) is 8.18. The smallest absolute Gasteiger partial charge is 0.304 e. The first kappa shape index (κ1) is 24.9. The summed E-state index contributed by atoms with van der Waals surface area (Å²) in [6.45, 7) is 1.69. The number of nitrogens with one attached hydrogen (secondary N) is 1. The van der Waals surface area contributed by atoms with Gasteiger partial charge in [-0.15, -0.1) is 0 Å². The minimum absolute atomic E-state index is 0.0618. The van der Waals surface area contributed by atoms with E-state index in [4.69, 9.17) is 5.73 Å². The van der Waals surface area contributed by atoms with Crippen molar-refractivity contribution in [2.45, 2.75) is 51.0 Å². The molecule has 1 heterocycles. The normalized spacial score (nSPS) is 21.2. The molecule has 1 unspecified atom stereocenters. The average molecular weight is 478 g/mol. The van der Waals surface area contributed by atoms with E-state index in [1.807, 2.05) is 41.3 Å². The number of nitrogens with two attached hydrogens (primary N) is 1. The van der Waals surface area contributed by atoms with Crippen LogP contribution in [0.15, 0.2) is 48.5 Å². The molecule has 0 radical (unpaired) electrons. The van der Waals surface area contributed by atoms with Crippen molar-refractivity contribution < 1.29 is 19.5 Å². The molecule has 0 bridgehead atoms. The molecule has 2 amide bonds. The molecule has 2 aromatic rings. The Hall–Kier alpha value is -3.19. The van der Waals surface area contributed by atoms with Gasteiger partial charge in [0.05, 0.1) is 12.3 Å². The lowest BCUT2D eigenvalue weighted by molar-refractivity contribution is -0.142. The summed E-state index contributed by atoms with van der Waals surface area (Å²) in [6, 6.07) is 15.9. The maximum Gasteiger partial charge on any atom is 0.304 e. The molecule has 4 N–H and O–H groups in total. The molecule has 1 fully saturated rings. The molecule has 0 saturated carbocycles. The molecule has 7 heteroatoms. The number of benzene rings is 2. The molecule has 186 valence electrons. The van der Waals surface area contributed by atoms with Gasteiger partial charge in [-0.2, -0.15) is 0 Å². The van der Waals surface area contributed by atoms with Gasteiger partial charge in [-0.25, -0.2) is 0 Å². The number of aliphatic carboxylic acids is 1. The van der Waals surface area contributed by atoms with Crippen LogP contribution in [0.4, 0.5) is 0 Å². The summed E-state index contributed by atoms with van der Waals surface area (Å²) in [5, 5.41) is 12.2. The van der Waals surface area contributed by atoms with Crippen molar-refractivity contribution in [2.24, 2.45) is 17.6 Å². The van der Waals surface area contributed by atoms with Gasteiger partial charge in [-0.1, -0.05) is 36.4 Å². The average Bonchev–Trinajstić information content (AvgIpc) is 3.40. The predicted octanol–water partition coefficient (Wildman–Crippen LogP) is 2.80. The van der Waals surface area contributed by atoms with Gasteiger partial charge in [0.2, 0.25) is 5.91 Å². The Morgan fingerprint density at radius 2 is 1.86 bits per heavy atom. The number of nitrogens with zero attached hydrogens (tertiary/aromatic N) is 1. The number of aryl methyl sites for hydroxylation is 1. The number of rotatable bonds is 11.